The fourth-order valence-corrected chi connectivity index (χ4v) is 4.85. The van der Waals surface area contributed by atoms with Gasteiger partial charge in [0.2, 0.25) is 15.6 Å². The van der Waals surface area contributed by atoms with Gasteiger partial charge in [-0.3, -0.25) is 4.79 Å². The van der Waals surface area contributed by atoms with Crippen molar-refractivity contribution in [3.05, 3.63) is 87.9 Å². The summed E-state index contributed by atoms with van der Waals surface area (Å²) in [4.78, 5) is 13.6. The highest BCUT2D eigenvalue weighted by atomic mass is 35.5. The Kier molecular flexibility index (Phi) is 5.98. The number of nitrogens with zero attached hydrogens (tertiary/aromatic N) is 3. The zero-order valence-electron chi connectivity index (χ0n) is 17.3. The standard InChI is InChI=1S/C22H19ClN4O5S/c1-26(13-14-6-8-24-22(30)10-14)33(31,32)21-11-15(19(28)12-20(21)29)17-7-9-25-27(17)18-5-3-2-4-16(18)23/h2-12,28-29H,13H2,1H3,(H,24,30). The Bertz CT molecular complexity index is 1500. The third-order valence-corrected chi connectivity index (χ3v) is 7.16. The lowest BCUT2D eigenvalue weighted by atomic mass is 10.1. The summed E-state index contributed by atoms with van der Waals surface area (Å²) in [6.45, 7) is -0.0978. The molecule has 0 unspecified atom stereocenters. The summed E-state index contributed by atoms with van der Waals surface area (Å²) in [6, 6.07) is 13.5. The number of sulfonamides is 1. The zero-order chi connectivity index (χ0) is 23.8. The quantitative estimate of drug-likeness (QED) is 0.384. The minimum absolute atomic E-state index is 0.0978. The number of aromatic nitrogens is 3. The van der Waals surface area contributed by atoms with Gasteiger partial charge in [-0.15, -0.1) is 0 Å². The molecular formula is C22H19ClN4O5S. The largest absolute Gasteiger partial charge is 0.507 e. The van der Waals surface area contributed by atoms with Crippen LogP contribution in [-0.4, -0.2) is 44.7 Å². The molecule has 170 valence electrons. The minimum Gasteiger partial charge on any atom is -0.507 e. The van der Waals surface area contributed by atoms with Gasteiger partial charge in [-0.05, 0) is 35.9 Å². The van der Waals surface area contributed by atoms with E-state index in [0.29, 0.717) is 22.0 Å². The molecule has 0 bridgehead atoms. The highest BCUT2D eigenvalue weighted by molar-refractivity contribution is 7.89. The first-order valence-corrected chi connectivity index (χ1v) is 11.5. The Morgan fingerprint density at radius 2 is 1.85 bits per heavy atom. The summed E-state index contributed by atoms with van der Waals surface area (Å²) in [6.07, 6.45) is 2.91. The van der Waals surface area contributed by atoms with Crippen LogP contribution in [0, 0.1) is 0 Å². The van der Waals surface area contributed by atoms with Gasteiger partial charge in [0.15, 0.2) is 0 Å². The van der Waals surface area contributed by atoms with Gasteiger partial charge in [-0.25, -0.2) is 13.1 Å². The van der Waals surface area contributed by atoms with Gasteiger partial charge in [-0.1, -0.05) is 23.7 Å². The van der Waals surface area contributed by atoms with Gasteiger partial charge in [-0.2, -0.15) is 9.40 Å². The third kappa shape index (κ3) is 4.36. The third-order valence-electron chi connectivity index (χ3n) is 5.01. The van der Waals surface area contributed by atoms with E-state index in [0.717, 1.165) is 10.4 Å². The van der Waals surface area contributed by atoms with Crippen molar-refractivity contribution in [2.24, 2.45) is 0 Å². The predicted molar refractivity (Wildman–Crippen MR) is 123 cm³/mol. The van der Waals surface area contributed by atoms with E-state index in [2.05, 4.69) is 10.1 Å². The molecule has 0 aliphatic heterocycles. The molecule has 4 aromatic rings. The normalized spacial score (nSPS) is 11.7. The molecule has 2 heterocycles. The summed E-state index contributed by atoms with van der Waals surface area (Å²) in [5, 5.41) is 25.5. The summed E-state index contributed by atoms with van der Waals surface area (Å²) in [7, 11) is -2.86. The molecule has 9 nitrogen and oxygen atoms in total. The van der Waals surface area contributed by atoms with E-state index in [-0.39, 0.29) is 23.4 Å². The molecule has 0 saturated heterocycles. The van der Waals surface area contributed by atoms with Crippen LogP contribution in [0.5, 0.6) is 11.5 Å². The lowest BCUT2D eigenvalue weighted by Crippen LogP contribution is -2.27. The van der Waals surface area contributed by atoms with Crippen molar-refractivity contribution in [2.75, 3.05) is 7.05 Å². The fourth-order valence-electron chi connectivity index (χ4n) is 3.39. The first kappa shape index (κ1) is 22.6. The van der Waals surface area contributed by atoms with Crippen molar-refractivity contribution in [3.63, 3.8) is 0 Å². The topological polar surface area (TPSA) is 129 Å². The van der Waals surface area contributed by atoms with Gasteiger partial charge >= 0.3 is 0 Å². The highest BCUT2D eigenvalue weighted by Crippen LogP contribution is 2.39. The van der Waals surface area contributed by atoms with Crippen LogP contribution in [-0.2, 0) is 16.6 Å². The van der Waals surface area contributed by atoms with E-state index >= 15 is 0 Å². The van der Waals surface area contributed by atoms with Crippen LogP contribution < -0.4 is 5.56 Å². The van der Waals surface area contributed by atoms with E-state index < -0.39 is 20.7 Å². The van der Waals surface area contributed by atoms with Crippen LogP contribution in [0.15, 0.2) is 76.7 Å². The molecule has 0 aliphatic rings. The lowest BCUT2D eigenvalue weighted by Gasteiger charge is -2.19. The van der Waals surface area contributed by atoms with Crippen molar-refractivity contribution >= 4 is 21.6 Å². The molecule has 4 rings (SSSR count). The molecule has 2 aromatic carbocycles. The second-order valence-electron chi connectivity index (χ2n) is 7.24. The predicted octanol–water partition coefficient (Wildman–Crippen LogP) is 3.11. The number of nitrogens with one attached hydrogen (secondary N) is 1. The molecule has 0 saturated carbocycles. The van der Waals surface area contributed by atoms with Crippen LogP contribution in [0.1, 0.15) is 5.56 Å². The Hall–Kier alpha value is -3.60. The van der Waals surface area contributed by atoms with E-state index in [1.165, 1.54) is 36.3 Å². The Morgan fingerprint density at radius 1 is 1.09 bits per heavy atom. The summed E-state index contributed by atoms with van der Waals surface area (Å²) in [5.41, 5.74) is 1.14. The average molecular weight is 487 g/mol. The Morgan fingerprint density at radius 3 is 2.58 bits per heavy atom. The van der Waals surface area contributed by atoms with Crippen molar-refractivity contribution in [2.45, 2.75) is 11.4 Å². The minimum atomic E-state index is -4.19. The number of aromatic amines is 1. The maximum Gasteiger partial charge on any atom is 0.248 e. The molecular weight excluding hydrogens is 468 g/mol. The lowest BCUT2D eigenvalue weighted by molar-refractivity contribution is 0.430. The summed E-state index contributed by atoms with van der Waals surface area (Å²) < 4.78 is 28.9. The number of phenols is 2. The molecule has 11 heteroatoms. The fraction of sp³-hybridized carbons (Fsp3) is 0.0909. The Balaban J connectivity index is 1.78. The number of H-pyrrole nitrogens is 1. The van der Waals surface area contributed by atoms with Gasteiger partial charge < -0.3 is 15.2 Å². The molecule has 2 aromatic heterocycles. The van der Waals surface area contributed by atoms with E-state index in [1.807, 2.05) is 0 Å². The first-order chi connectivity index (χ1) is 15.7. The maximum absolute atomic E-state index is 13.2. The number of aromatic hydroxyl groups is 2. The number of rotatable bonds is 6. The van der Waals surface area contributed by atoms with E-state index in [1.54, 1.807) is 36.4 Å². The summed E-state index contributed by atoms with van der Waals surface area (Å²) in [5.74, 6) is -0.949. The van der Waals surface area contributed by atoms with E-state index in [4.69, 9.17) is 11.6 Å². The number of pyridine rings is 1. The van der Waals surface area contributed by atoms with Crippen LogP contribution in [0.4, 0.5) is 0 Å². The number of hydrogen-bond donors (Lipinski definition) is 3. The van der Waals surface area contributed by atoms with Crippen molar-refractivity contribution in [1.29, 1.82) is 0 Å². The molecule has 0 atom stereocenters. The summed E-state index contributed by atoms with van der Waals surface area (Å²) >= 11 is 6.28. The van der Waals surface area contributed by atoms with Crippen LogP contribution in [0.2, 0.25) is 5.02 Å². The van der Waals surface area contributed by atoms with Crippen LogP contribution >= 0.6 is 11.6 Å². The maximum atomic E-state index is 13.2. The van der Waals surface area contributed by atoms with Gasteiger partial charge in [0.1, 0.15) is 16.4 Å². The van der Waals surface area contributed by atoms with Crippen molar-refractivity contribution in [1.82, 2.24) is 19.1 Å². The zero-order valence-corrected chi connectivity index (χ0v) is 18.9. The number of hydrogen-bond acceptors (Lipinski definition) is 6. The van der Waals surface area contributed by atoms with Gasteiger partial charge in [0.25, 0.3) is 0 Å². The van der Waals surface area contributed by atoms with Gasteiger partial charge in [0, 0.05) is 37.5 Å². The van der Waals surface area contributed by atoms with Gasteiger partial charge in [0.05, 0.1) is 22.6 Å². The second-order valence-corrected chi connectivity index (χ2v) is 9.66. The highest BCUT2D eigenvalue weighted by Gasteiger charge is 2.27. The van der Waals surface area contributed by atoms with Crippen LogP contribution in [0.3, 0.4) is 0 Å². The first-order valence-electron chi connectivity index (χ1n) is 9.67. The van der Waals surface area contributed by atoms with Crippen molar-refractivity contribution < 1.29 is 18.6 Å². The molecule has 33 heavy (non-hydrogen) atoms. The molecule has 0 fully saturated rings. The van der Waals surface area contributed by atoms with E-state index in [9.17, 15) is 23.4 Å². The second kappa shape index (κ2) is 8.74. The average Bonchev–Trinajstić information content (AvgIpc) is 3.23. The SMILES string of the molecule is CN(Cc1cc[nH]c(=O)c1)S(=O)(=O)c1cc(-c2ccnn2-c2ccccc2Cl)c(O)cc1O. The Labute approximate surface area is 194 Å². The molecule has 0 amide bonds. The molecule has 0 spiro atoms. The molecule has 0 aliphatic carbocycles. The van der Waals surface area contributed by atoms with Crippen LogP contribution in [0.25, 0.3) is 16.9 Å². The molecule has 0 radical (unpaired) electrons. The number of phenolic OH excluding ortho intramolecular Hbond substituents is 2. The molecule has 3 N–H and O–H groups in total. The number of benzene rings is 2. The number of para-hydroxylation sites is 1. The monoisotopic (exact) mass is 486 g/mol. The smallest absolute Gasteiger partial charge is 0.248 e. The number of halogens is 1. The van der Waals surface area contributed by atoms with Crippen molar-refractivity contribution in [3.8, 4) is 28.4 Å².